The SMILES string of the molecule is CCOC(=O)C1=C(C)NC(SC)=NC1(C)C. The average molecular weight is 242 g/mol. The highest BCUT2D eigenvalue weighted by Gasteiger charge is 2.35. The van der Waals surface area contributed by atoms with E-state index >= 15 is 0 Å². The van der Waals surface area contributed by atoms with Gasteiger partial charge in [-0.1, -0.05) is 11.8 Å². The minimum Gasteiger partial charge on any atom is -0.463 e. The first-order valence-electron chi connectivity index (χ1n) is 5.21. The lowest BCUT2D eigenvalue weighted by atomic mass is 9.92. The molecule has 0 unspecified atom stereocenters. The maximum Gasteiger partial charge on any atom is 0.338 e. The first-order valence-corrected chi connectivity index (χ1v) is 6.44. The summed E-state index contributed by atoms with van der Waals surface area (Å²) in [6.07, 6.45) is 1.95. The highest BCUT2D eigenvalue weighted by Crippen LogP contribution is 2.29. The zero-order chi connectivity index (χ0) is 12.3. The quantitative estimate of drug-likeness (QED) is 0.752. The molecule has 0 aromatic heterocycles. The Morgan fingerprint density at radius 2 is 2.19 bits per heavy atom. The highest BCUT2D eigenvalue weighted by molar-refractivity contribution is 8.13. The predicted molar refractivity (Wildman–Crippen MR) is 67.5 cm³/mol. The van der Waals surface area contributed by atoms with E-state index in [9.17, 15) is 4.79 Å². The number of allylic oxidation sites excluding steroid dienone is 1. The van der Waals surface area contributed by atoms with Crippen molar-refractivity contribution in [3.05, 3.63) is 11.3 Å². The average Bonchev–Trinajstić information content (AvgIpc) is 2.15. The lowest BCUT2D eigenvalue weighted by molar-refractivity contribution is -0.139. The van der Waals surface area contributed by atoms with Crippen molar-refractivity contribution >= 4 is 22.9 Å². The number of hydrogen-bond acceptors (Lipinski definition) is 5. The molecule has 16 heavy (non-hydrogen) atoms. The van der Waals surface area contributed by atoms with Gasteiger partial charge < -0.3 is 10.1 Å². The zero-order valence-corrected chi connectivity index (χ0v) is 11.2. The Hall–Kier alpha value is -0.970. The lowest BCUT2D eigenvalue weighted by Gasteiger charge is -2.30. The largest absolute Gasteiger partial charge is 0.463 e. The van der Waals surface area contributed by atoms with Gasteiger partial charge in [0.15, 0.2) is 5.17 Å². The Bertz CT molecular complexity index is 359. The second kappa shape index (κ2) is 4.91. The van der Waals surface area contributed by atoms with Crippen LogP contribution in [0.15, 0.2) is 16.3 Å². The van der Waals surface area contributed by atoms with E-state index in [1.165, 1.54) is 11.8 Å². The van der Waals surface area contributed by atoms with Crippen LogP contribution in [0.4, 0.5) is 0 Å². The molecular weight excluding hydrogens is 224 g/mol. The Balaban J connectivity index is 3.04. The van der Waals surface area contributed by atoms with Crippen LogP contribution in [0.25, 0.3) is 0 Å². The molecular formula is C11H18N2O2S. The van der Waals surface area contributed by atoms with Crippen molar-refractivity contribution in [1.29, 1.82) is 0 Å². The van der Waals surface area contributed by atoms with Crippen LogP contribution in [0.3, 0.4) is 0 Å². The molecule has 0 aromatic carbocycles. The lowest BCUT2D eigenvalue weighted by Crippen LogP contribution is -2.39. The van der Waals surface area contributed by atoms with E-state index in [1.54, 1.807) is 6.92 Å². The van der Waals surface area contributed by atoms with E-state index in [4.69, 9.17) is 4.74 Å². The number of carbonyl (C=O) groups is 1. The molecule has 5 heteroatoms. The summed E-state index contributed by atoms with van der Waals surface area (Å²) in [4.78, 5) is 16.3. The molecule has 0 amide bonds. The molecule has 1 aliphatic rings. The van der Waals surface area contributed by atoms with Gasteiger partial charge >= 0.3 is 5.97 Å². The van der Waals surface area contributed by atoms with Gasteiger partial charge in [-0.3, -0.25) is 4.99 Å². The summed E-state index contributed by atoms with van der Waals surface area (Å²) in [5.41, 5.74) is 0.898. The van der Waals surface area contributed by atoms with Crippen molar-refractivity contribution in [2.45, 2.75) is 33.2 Å². The summed E-state index contributed by atoms with van der Waals surface area (Å²) in [5.74, 6) is -0.290. The van der Waals surface area contributed by atoms with E-state index in [0.29, 0.717) is 12.2 Å². The summed E-state index contributed by atoms with van der Waals surface area (Å²) in [7, 11) is 0. The third kappa shape index (κ3) is 2.58. The number of carbonyl (C=O) groups excluding carboxylic acids is 1. The number of amidine groups is 1. The molecule has 90 valence electrons. The van der Waals surface area contributed by atoms with Crippen LogP contribution in [0.1, 0.15) is 27.7 Å². The molecule has 0 fully saturated rings. The Morgan fingerprint density at radius 3 is 2.62 bits per heavy atom. The highest BCUT2D eigenvalue weighted by atomic mass is 32.2. The van der Waals surface area contributed by atoms with Gasteiger partial charge in [0.05, 0.1) is 17.7 Å². The third-order valence-corrected chi connectivity index (χ3v) is 2.92. The molecule has 1 heterocycles. The summed E-state index contributed by atoms with van der Waals surface area (Å²) in [6, 6.07) is 0. The van der Waals surface area contributed by atoms with Gasteiger partial charge in [-0.2, -0.15) is 0 Å². The van der Waals surface area contributed by atoms with E-state index in [0.717, 1.165) is 10.9 Å². The van der Waals surface area contributed by atoms with Crippen molar-refractivity contribution < 1.29 is 9.53 Å². The fourth-order valence-corrected chi connectivity index (χ4v) is 2.30. The molecule has 0 spiro atoms. The first kappa shape index (κ1) is 13.1. The monoisotopic (exact) mass is 242 g/mol. The van der Waals surface area contributed by atoms with Crippen LogP contribution in [-0.2, 0) is 9.53 Å². The van der Waals surface area contributed by atoms with Crippen molar-refractivity contribution in [2.75, 3.05) is 12.9 Å². The second-order valence-corrected chi connectivity index (χ2v) is 4.82. The van der Waals surface area contributed by atoms with Crippen LogP contribution in [-0.4, -0.2) is 29.5 Å². The van der Waals surface area contributed by atoms with Crippen LogP contribution >= 0.6 is 11.8 Å². The number of rotatable bonds is 2. The van der Waals surface area contributed by atoms with Gasteiger partial charge in [-0.25, -0.2) is 4.79 Å². The first-order chi connectivity index (χ1) is 7.42. The van der Waals surface area contributed by atoms with Crippen LogP contribution in [0.5, 0.6) is 0 Å². The van der Waals surface area contributed by atoms with Gasteiger partial charge in [-0.15, -0.1) is 0 Å². The number of nitrogens with zero attached hydrogens (tertiary/aromatic N) is 1. The summed E-state index contributed by atoms with van der Waals surface area (Å²) < 4.78 is 5.04. The number of thioether (sulfide) groups is 1. The molecule has 0 aliphatic carbocycles. The standard InChI is InChI=1S/C11H18N2O2S/c1-6-15-9(14)8-7(2)12-10(16-5)13-11(8,3)4/h6H2,1-5H3,(H,12,13). The minimum atomic E-state index is -0.528. The molecule has 1 rings (SSSR count). The topological polar surface area (TPSA) is 50.7 Å². The molecule has 0 saturated carbocycles. The Morgan fingerprint density at radius 1 is 1.56 bits per heavy atom. The van der Waals surface area contributed by atoms with Gasteiger partial charge in [0.2, 0.25) is 0 Å². The number of ether oxygens (including phenoxy) is 1. The number of nitrogens with one attached hydrogen (secondary N) is 1. The maximum atomic E-state index is 11.8. The molecule has 0 bridgehead atoms. The van der Waals surface area contributed by atoms with E-state index < -0.39 is 5.54 Å². The third-order valence-electron chi connectivity index (χ3n) is 2.34. The molecule has 0 radical (unpaired) electrons. The Labute approximate surface area is 101 Å². The van der Waals surface area contributed by atoms with Gasteiger partial charge in [0.25, 0.3) is 0 Å². The predicted octanol–water partition coefficient (Wildman–Crippen LogP) is 1.92. The molecule has 0 saturated heterocycles. The molecule has 1 aliphatic heterocycles. The second-order valence-electron chi connectivity index (χ2n) is 4.03. The van der Waals surface area contributed by atoms with Crippen molar-refractivity contribution in [2.24, 2.45) is 4.99 Å². The van der Waals surface area contributed by atoms with Crippen LogP contribution < -0.4 is 5.32 Å². The van der Waals surface area contributed by atoms with Crippen molar-refractivity contribution in [3.8, 4) is 0 Å². The van der Waals surface area contributed by atoms with Crippen molar-refractivity contribution in [1.82, 2.24) is 5.32 Å². The van der Waals surface area contributed by atoms with Gasteiger partial charge in [-0.05, 0) is 34.0 Å². The number of aliphatic imine (C=N–C) groups is 1. The smallest absolute Gasteiger partial charge is 0.338 e. The number of hydrogen-bond donors (Lipinski definition) is 1. The molecule has 1 N–H and O–H groups in total. The Kier molecular flexibility index (Phi) is 4.02. The molecule has 0 aromatic rings. The maximum absolute atomic E-state index is 11.8. The summed E-state index contributed by atoms with van der Waals surface area (Å²) in [5, 5.41) is 3.93. The summed E-state index contributed by atoms with van der Waals surface area (Å²) in [6.45, 7) is 7.89. The minimum absolute atomic E-state index is 0.290. The van der Waals surface area contributed by atoms with Gasteiger partial charge in [0.1, 0.15) is 0 Å². The van der Waals surface area contributed by atoms with E-state index in [-0.39, 0.29) is 5.97 Å². The fraction of sp³-hybridized carbons (Fsp3) is 0.636. The normalized spacial score (nSPS) is 18.9. The molecule has 4 nitrogen and oxygen atoms in total. The van der Waals surface area contributed by atoms with Crippen LogP contribution in [0.2, 0.25) is 0 Å². The van der Waals surface area contributed by atoms with Crippen LogP contribution in [0, 0.1) is 0 Å². The zero-order valence-electron chi connectivity index (χ0n) is 10.4. The summed E-state index contributed by atoms with van der Waals surface area (Å²) >= 11 is 1.53. The molecule has 0 atom stereocenters. The fourth-order valence-electron chi connectivity index (χ4n) is 1.72. The van der Waals surface area contributed by atoms with Crippen molar-refractivity contribution in [3.63, 3.8) is 0 Å². The van der Waals surface area contributed by atoms with E-state index in [2.05, 4.69) is 10.3 Å². The van der Waals surface area contributed by atoms with E-state index in [1.807, 2.05) is 27.0 Å². The number of esters is 1. The van der Waals surface area contributed by atoms with Gasteiger partial charge in [0, 0.05) is 5.70 Å².